The van der Waals surface area contributed by atoms with Crippen LogP contribution in [-0.4, -0.2) is 19.6 Å². The van der Waals surface area contributed by atoms with Gasteiger partial charge in [-0.15, -0.1) is 0 Å². The van der Waals surface area contributed by atoms with Crippen LogP contribution in [0.15, 0.2) is 48.5 Å². The number of amides is 1. The third kappa shape index (κ3) is 5.01. The van der Waals surface area contributed by atoms with E-state index in [1.165, 1.54) is 5.56 Å². The molecular formula is C20H25NO3. The van der Waals surface area contributed by atoms with Gasteiger partial charge in [-0.05, 0) is 29.2 Å². The Morgan fingerprint density at radius 3 is 2.54 bits per heavy atom. The number of hydrogen-bond donors (Lipinski definition) is 1. The molecule has 24 heavy (non-hydrogen) atoms. The van der Waals surface area contributed by atoms with Crippen molar-refractivity contribution in [1.29, 1.82) is 0 Å². The van der Waals surface area contributed by atoms with Gasteiger partial charge < -0.3 is 14.8 Å². The van der Waals surface area contributed by atoms with E-state index in [1.807, 2.05) is 42.5 Å². The van der Waals surface area contributed by atoms with Crippen molar-refractivity contribution in [2.75, 3.05) is 13.7 Å². The van der Waals surface area contributed by atoms with Crippen LogP contribution in [0.1, 0.15) is 31.9 Å². The van der Waals surface area contributed by atoms with Gasteiger partial charge in [0.2, 0.25) is 0 Å². The van der Waals surface area contributed by atoms with Crippen LogP contribution in [0.3, 0.4) is 0 Å². The highest BCUT2D eigenvalue weighted by Gasteiger charge is 2.14. The van der Waals surface area contributed by atoms with Gasteiger partial charge >= 0.3 is 0 Å². The number of nitrogens with one attached hydrogen (secondary N) is 1. The van der Waals surface area contributed by atoms with Gasteiger partial charge in [0.15, 0.2) is 6.61 Å². The predicted octanol–water partition coefficient (Wildman–Crippen LogP) is 3.69. The van der Waals surface area contributed by atoms with Gasteiger partial charge in [-0.2, -0.15) is 0 Å². The van der Waals surface area contributed by atoms with Crippen LogP contribution in [0.25, 0.3) is 0 Å². The molecule has 0 aliphatic rings. The van der Waals surface area contributed by atoms with Gasteiger partial charge in [-0.25, -0.2) is 0 Å². The summed E-state index contributed by atoms with van der Waals surface area (Å²) in [6.07, 6.45) is 0. The molecule has 0 saturated carbocycles. The van der Waals surface area contributed by atoms with Crippen molar-refractivity contribution in [3.8, 4) is 11.5 Å². The summed E-state index contributed by atoms with van der Waals surface area (Å²) in [5.41, 5.74) is 2.16. The van der Waals surface area contributed by atoms with Crippen LogP contribution in [0, 0.1) is 0 Å². The molecule has 0 aliphatic heterocycles. The van der Waals surface area contributed by atoms with Crippen LogP contribution < -0.4 is 14.8 Å². The SMILES string of the molecule is COc1ccccc1CNC(=O)COc1cccc(C(C)(C)C)c1. The lowest BCUT2D eigenvalue weighted by Crippen LogP contribution is -2.28. The maximum absolute atomic E-state index is 12.0. The number of para-hydroxylation sites is 1. The minimum atomic E-state index is -0.165. The Kier molecular flexibility index (Phi) is 5.85. The van der Waals surface area contributed by atoms with Crippen molar-refractivity contribution in [3.63, 3.8) is 0 Å². The van der Waals surface area contributed by atoms with E-state index in [-0.39, 0.29) is 17.9 Å². The first kappa shape index (κ1) is 17.9. The highest BCUT2D eigenvalue weighted by molar-refractivity contribution is 5.77. The Morgan fingerprint density at radius 1 is 1.08 bits per heavy atom. The Balaban J connectivity index is 1.87. The van der Waals surface area contributed by atoms with Crippen LogP contribution in [0.5, 0.6) is 11.5 Å². The maximum Gasteiger partial charge on any atom is 0.258 e. The lowest BCUT2D eigenvalue weighted by Gasteiger charge is -2.19. The van der Waals surface area contributed by atoms with Crippen molar-refractivity contribution in [2.45, 2.75) is 32.7 Å². The second kappa shape index (κ2) is 7.86. The molecule has 2 aromatic carbocycles. The van der Waals surface area contributed by atoms with E-state index in [1.54, 1.807) is 7.11 Å². The van der Waals surface area contributed by atoms with Crippen molar-refractivity contribution in [1.82, 2.24) is 5.32 Å². The first-order valence-electron chi connectivity index (χ1n) is 8.02. The molecule has 0 aromatic heterocycles. The summed E-state index contributed by atoms with van der Waals surface area (Å²) in [4.78, 5) is 12.0. The van der Waals surface area contributed by atoms with E-state index in [9.17, 15) is 4.79 Å². The van der Waals surface area contributed by atoms with Gasteiger partial charge in [-0.1, -0.05) is 51.1 Å². The van der Waals surface area contributed by atoms with Crippen LogP contribution in [0.2, 0.25) is 0 Å². The Bertz CT molecular complexity index is 689. The zero-order chi connectivity index (χ0) is 17.6. The minimum absolute atomic E-state index is 0.0112. The Morgan fingerprint density at radius 2 is 1.83 bits per heavy atom. The second-order valence-corrected chi connectivity index (χ2v) is 6.66. The van der Waals surface area contributed by atoms with Crippen LogP contribution in [-0.2, 0) is 16.8 Å². The fourth-order valence-corrected chi connectivity index (χ4v) is 2.30. The van der Waals surface area contributed by atoms with Gasteiger partial charge in [-0.3, -0.25) is 4.79 Å². The normalized spacial score (nSPS) is 11.0. The average molecular weight is 327 g/mol. The molecule has 128 valence electrons. The van der Waals surface area contributed by atoms with Crippen molar-refractivity contribution in [3.05, 3.63) is 59.7 Å². The molecule has 0 bridgehead atoms. The first-order chi connectivity index (χ1) is 11.4. The van der Waals surface area contributed by atoms with Crippen LogP contribution >= 0.6 is 0 Å². The molecule has 0 aliphatic carbocycles. The highest BCUT2D eigenvalue weighted by atomic mass is 16.5. The summed E-state index contributed by atoms with van der Waals surface area (Å²) in [6, 6.07) is 15.5. The zero-order valence-electron chi connectivity index (χ0n) is 14.8. The number of rotatable bonds is 6. The van der Waals surface area contributed by atoms with Gasteiger partial charge in [0.05, 0.1) is 7.11 Å². The number of carbonyl (C=O) groups excluding carboxylic acids is 1. The van der Waals surface area contributed by atoms with Crippen molar-refractivity contribution in [2.24, 2.45) is 0 Å². The molecule has 1 N–H and O–H groups in total. The molecule has 2 rings (SSSR count). The van der Waals surface area contributed by atoms with Gasteiger partial charge in [0, 0.05) is 12.1 Å². The van der Waals surface area contributed by atoms with Gasteiger partial charge in [0.25, 0.3) is 5.91 Å². The molecule has 0 atom stereocenters. The third-order valence-corrected chi connectivity index (χ3v) is 3.74. The Labute approximate surface area is 143 Å². The molecule has 0 unspecified atom stereocenters. The fourth-order valence-electron chi connectivity index (χ4n) is 2.30. The van der Waals surface area contributed by atoms with E-state index < -0.39 is 0 Å². The monoisotopic (exact) mass is 327 g/mol. The summed E-state index contributed by atoms with van der Waals surface area (Å²) in [6.45, 7) is 6.83. The largest absolute Gasteiger partial charge is 0.496 e. The summed E-state index contributed by atoms with van der Waals surface area (Å²) in [5.74, 6) is 1.30. The molecule has 0 saturated heterocycles. The number of hydrogen-bond acceptors (Lipinski definition) is 3. The lowest BCUT2D eigenvalue weighted by molar-refractivity contribution is -0.123. The average Bonchev–Trinajstić information content (AvgIpc) is 2.58. The molecule has 4 heteroatoms. The second-order valence-electron chi connectivity index (χ2n) is 6.66. The molecule has 1 amide bonds. The van der Waals surface area contributed by atoms with E-state index in [0.29, 0.717) is 12.3 Å². The quantitative estimate of drug-likeness (QED) is 0.880. The van der Waals surface area contributed by atoms with Gasteiger partial charge in [0.1, 0.15) is 11.5 Å². The first-order valence-corrected chi connectivity index (χ1v) is 8.02. The van der Waals surface area contributed by atoms with E-state index in [4.69, 9.17) is 9.47 Å². The molecular weight excluding hydrogens is 302 g/mol. The number of methoxy groups -OCH3 is 1. The number of ether oxygens (including phenoxy) is 2. The summed E-state index contributed by atoms with van der Waals surface area (Å²) >= 11 is 0. The summed E-state index contributed by atoms with van der Waals surface area (Å²) in [5, 5.41) is 2.84. The topological polar surface area (TPSA) is 47.6 Å². The molecule has 0 spiro atoms. The van der Waals surface area contributed by atoms with E-state index >= 15 is 0 Å². The summed E-state index contributed by atoms with van der Waals surface area (Å²) < 4.78 is 10.9. The van der Waals surface area contributed by atoms with E-state index in [0.717, 1.165) is 11.3 Å². The summed E-state index contributed by atoms with van der Waals surface area (Å²) in [7, 11) is 1.62. The zero-order valence-corrected chi connectivity index (χ0v) is 14.8. The minimum Gasteiger partial charge on any atom is -0.496 e. The number of carbonyl (C=O) groups is 1. The van der Waals surface area contributed by atoms with E-state index in [2.05, 4.69) is 32.2 Å². The molecule has 0 heterocycles. The smallest absolute Gasteiger partial charge is 0.258 e. The molecule has 0 radical (unpaired) electrons. The molecule has 0 fully saturated rings. The molecule has 4 nitrogen and oxygen atoms in total. The fraction of sp³-hybridized carbons (Fsp3) is 0.350. The third-order valence-electron chi connectivity index (χ3n) is 3.74. The highest BCUT2D eigenvalue weighted by Crippen LogP contribution is 2.25. The predicted molar refractivity (Wildman–Crippen MR) is 95.5 cm³/mol. The lowest BCUT2D eigenvalue weighted by atomic mass is 9.87. The van der Waals surface area contributed by atoms with Crippen molar-refractivity contribution < 1.29 is 14.3 Å². The standard InChI is InChI=1S/C20H25NO3/c1-20(2,3)16-9-7-10-17(12-16)24-14-19(22)21-13-15-8-5-6-11-18(15)23-4/h5-12H,13-14H2,1-4H3,(H,21,22). The van der Waals surface area contributed by atoms with Crippen molar-refractivity contribution >= 4 is 5.91 Å². The van der Waals surface area contributed by atoms with Crippen LogP contribution in [0.4, 0.5) is 0 Å². The maximum atomic E-state index is 12.0. The Hall–Kier alpha value is -2.49. The number of benzene rings is 2. The molecule has 2 aromatic rings.